The van der Waals surface area contributed by atoms with Crippen LogP contribution in [0.25, 0.3) is 16.3 Å². The third kappa shape index (κ3) is 3.47. The predicted octanol–water partition coefficient (Wildman–Crippen LogP) is 3.41. The Bertz CT molecular complexity index is 1110. The maximum atomic E-state index is 9.18. The Morgan fingerprint density at radius 3 is 2.85 bits per heavy atom. The molecule has 8 nitrogen and oxygen atoms in total. The minimum Gasteiger partial charge on any atom is -0.481 e. The molecular formula is C18H13N7OS. The first-order valence-corrected chi connectivity index (χ1v) is 8.73. The largest absolute Gasteiger partial charge is 0.481 e. The van der Waals surface area contributed by atoms with Gasteiger partial charge in [-0.1, -0.05) is 29.5 Å². The normalized spacial score (nSPS) is 10.4. The molecule has 0 saturated carbocycles. The minimum atomic E-state index is 0.509. The van der Waals surface area contributed by atoms with Crippen molar-refractivity contribution in [3.8, 4) is 28.2 Å². The summed E-state index contributed by atoms with van der Waals surface area (Å²) in [5.74, 6) is 1.13. The highest BCUT2D eigenvalue weighted by Crippen LogP contribution is 2.35. The Labute approximate surface area is 158 Å². The van der Waals surface area contributed by atoms with Gasteiger partial charge in [0.05, 0.1) is 18.7 Å². The minimum absolute atomic E-state index is 0.509. The number of pyridine rings is 1. The lowest BCUT2D eigenvalue weighted by Gasteiger charge is -2.03. The fourth-order valence-corrected chi connectivity index (χ4v) is 3.39. The number of nitrogens with zero attached hydrogens (tertiary/aromatic N) is 6. The van der Waals surface area contributed by atoms with Gasteiger partial charge in [0.1, 0.15) is 29.2 Å². The van der Waals surface area contributed by atoms with Gasteiger partial charge >= 0.3 is 0 Å². The van der Waals surface area contributed by atoms with E-state index in [9.17, 15) is 5.26 Å². The fraction of sp³-hybridized carbons (Fsp3) is 0.0556. The number of nitriles is 1. The number of hydrogen-bond donors (Lipinski definition) is 1. The quantitative estimate of drug-likeness (QED) is 0.570. The molecule has 0 amide bonds. The predicted molar refractivity (Wildman–Crippen MR) is 101 cm³/mol. The Balaban J connectivity index is 1.77. The van der Waals surface area contributed by atoms with Crippen molar-refractivity contribution in [3.63, 3.8) is 0 Å². The van der Waals surface area contributed by atoms with E-state index in [1.165, 1.54) is 17.7 Å². The van der Waals surface area contributed by atoms with Crippen molar-refractivity contribution in [3.05, 3.63) is 60.7 Å². The molecule has 0 aliphatic rings. The zero-order valence-corrected chi connectivity index (χ0v) is 15.0. The molecule has 0 aliphatic carbocycles. The number of methoxy groups -OCH3 is 1. The van der Waals surface area contributed by atoms with Crippen LogP contribution in [0.15, 0.2) is 55.1 Å². The van der Waals surface area contributed by atoms with Crippen LogP contribution in [-0.4, -0.2) is 31.8 Å². The number of ether oxygens (including phenoxy) is 1. The van der Waals surface area contributed by atoms with E-state index in [4.69, 9.17) is 9.72 Å². The van der Waals surface area contributed by atoms with Crippen molar-refractivity contribution in [1.82, 2.24) is 24.7 Å². The summed E-state index contributed by atoms with van der Waals surface area (Å²) in [4.78, 5) is 13.0. The molecule has 0 atom stereocenters. The van der Waals surface area contributed by atoms with Crippen molar-refractivity contribution in [2.75, 3.05) is 12.4 Å². The first-order chi connectivity index (χ1) is 13.3. The summed E-state index contributed by atoms with van der Waals surface area (Å²) in [5, 5.41) is 18.0. The number of nitrogens with one attached hydrogen (secondary N) is 1. The van der Waals surface area contributed by atoms with E-state index in [-0.39, 0.29) is 0 Å². The smallest absolute Gasteiger partial charge is 0.214 e. The SMILES string of the molecule is COc1cccc(Nc2nc(-c3cccc(C#N)c3)c(-n3cncn3)s2)n1. The standard InChI is InChI=1S/C18H13N7OS/c1-26-15-7-3-6-14(22-15)23-18-24-16(13-5-2-4-12(8-13)9-19)17(27-18)25-11-20-10-21-25/h2-8,10-11H,1H3,(H,22,23,24). The van der Waals surface area contributed by atoms with Gasteiger partial charge in [0.25, 0.3) is 0 Å². The highest BCUT2D eigenvalue weighted by molar-refractivity contribution is 7.18. The lowest BCUT2D eigenvalue weighted by Crippen LogP contribution is -1.95. The second kappa shape index (κ2) is 7.23. The lowest BCUT2D eigenvalue weighted by atomic mass is 10.1. The maximum Gasteiger partial charge on any atom is 0.214 e. The number of benzene rings is 1. The number of thiazole rings is 1. The van der Waals surface area contributed by atoms with Crippen LogP contribution < -0.4 is 10.1 Å². The second-order valence-corrected chi connectivity index (χ2v) is 6.37. The molecule has 132 valence electrons. The topological polar surface area (TPSA) is 102 Å². The van der Waals surface area contributed by atoms with Gasteiger partial charge < -0.3 is 10.1 Å². The molecule has 0 fully saturated rings. The molecule has 4 rings (SSSR count). The van der Waals surface area contributed by atoms with E-state index >= 15 is 0 Å². The van der Waals surface area contributed by atoms with Crippen LogP contribution in [0.1, 0.15) is 5.56 Å². The van der Waals surface area contributed by atoms with Crippen LogP contribution in [-0.2, 0) is 0 Å². The van der Waals surface area contributed by atoms with Crippen LogP contribution >= 0.6 is 11.3 Å². The van der Waals surface area contributed by atoms with E-state index in [1.807, 2.05) is 24.3 Å². The zero-order valence-electron chi connectivity index (χ0n) is 14.2. The Morgan fingerprint density at radius 2 is 2.07 bits per heavy atom. The molecule has 1 aromatic carbocycles. The van der Waals surface area contributed by atoms with E-state index in [0.29, 0.717) is 28.1 Å². The summed E-state index contributed by atoms with van der Waals surface area (Å²) in [6.45, 7) is 0. The van der Waals surface area contributed by atoms with Gasteiger partial charge in [-0.25, -0.2) is 14.6 Å². The molecule has 0 spiro atoms. The summed E-state index contributed by atoms with van der Waals surface area (Å²) < 4.78 is 6.80. The van der Waals surface area contributed by atoms with Crippen LogP contribution in [0.2, 0.25) is 0 Å². The van der Waals surface area contributed by atoms with Gasteiger partial charge in [0.15, 0.2) is 5.13 Å². The molecule has 0 radical (unpaired) electrons. The lowest BCUT2D eigenvalue weighted by molar-refractivity contribution is 0.398. The van der Waals surface area contributed by atoms with Gasteiger partial charge in [-0.2, -0.15) is 15.3 Å². The van der Waals surface area contributed by atoms with Gasteiger partial charge in [0.2, 0.25) is 5.88 Å². The van der Waals surface area contributed by atoms with Crippen LogP contribution in [0.4, 0.5) is 10.9 Å². The highest BCUT2D eigenvalue weighted by atomic mass is 32.1. The fourth-order valence-electron chi connectivity index (χ4n) is 2.47. The molecule has 0 saturated heterocycles. The molecule has 0 unspecified atom stereocenters. The molecule has 9 heteroatoms. The van der Waals surface area contributed by atoms with E-state index < -0.39 is 0 Å². The number of anilines is 2. The van der Waals surface area contributed by atoms with Crippen molar-refractivity contribution in [2.24, 2.45) is 0 Å². The van der Waals surface area contributed by atoms with Crippen molar-refractivity contribution < 1.29 is 4.74 Å². The molecule has 4 aromatic rings. The Hall–Kier alpha value is -3.77. The molecular weight excluding hydrogens is 362 g/mol. The Morgan fingerprint density at radius 1 is 1.19 bits per heavy atom. The van der Waals surface area contributed by atoms with E-state index in [1.54, 1.807) is 36.3 Å². The summed E-state index contributed by atoms with van der Waals surface area (Å²) >= 11 is 1.41. The van der Waals surface area contributed by atoms with Gasteiger partial charge in [-0.3, -0.25) is 0 Å². The third-order valence-electron chi connectivity index (χ3n) is 3.67. The summed E-state index contributed by atoms with van der Waals surface area (Å²) in [7, 11) is 1.57. The second-order valence-electron chi connectivity index (χ2n) is 5.40. The third-order valence-corrected chi connectivity index (χ3v) is 4.63. The average Bonchev–Trinajstić information content (AvgIpc) is 3.38. The molecule has 3 heterocycles. The molecule has 1 N–H and O–H groups in total. The zero-order chi connectivity index (χ0) is 18.6. The summed E-state index contributed by atoms with van der Waals surface area (Å²) in [5.41, 5.74) is 2.09. The molecule has 0 aliphatic heterocycles. The molecule has 27 heavy (non-hydrogen) atoms. The van der Waals surface area contributed by atoms with Crippen molar-refractivity contribution in [1.29, 1.82) is 5.26 Å². The summed E-state index contributed by atoms with van der Waals surface area (Å²) in [6.07, 6.45) is 3.07. The highest BCUT2D eigenvalue weighted by Gasteiger charge is 2.16. The van der Waals surface area contributed by atoms with Crippen LogP contribution in [0.5, 0.6) is 5.88 Å². The average molecular weight is 375 g/mol. The number of aromatic nitrogens is 5. The van der Waals surface area contributed by atoms with Gasteiger partial charge in [-0.05, 0) is 18.2 Å². The first kappa shape index (κ1) is 16.7. The van der Waals surface area contributed by atoms with E-state index in [0.717, 1.165) is 10.6 Å². The monoisotopic (exact) mass is 375 g/mol. The van der Waals surface area contributed by atoms with Crippen LogP contribution in [0, 0.1) is 11.3 Å². The van der Waals surface area contributed by atoms with Gasteiger partial charge in [0, 0.05) is 11.6 Å². The number of hydrogen-bond acceptors (Lipinski definition) is 8. The molecule has 0 bridgehead atoms. The Kier molecular flexibility index (Phi) is 4.47. The van der Waals surface area contributed by atoms with Crippen LogP contribution in [0.3, 0.4) is 0 Å². The molecule has 3 aromatic heterocycles. The maximum absolute atomic E-state index is 9.18. The first-order valence-electron chi connectivity index (χ1n) is 7.91. The van der Waals surface area contributed by atoms with Gasteiger partial charge in [-0.15, -0.1) is 0 Å². The number of rotatable bonds is 5. The summed E-state index contributed by atoms with van der Waals surface area (Å²) in [6, 6.07) is 14.9. The van der Waals surface area contributed by atoms with Crippen molar-refractivity contribution >= 4 is 22.3 Å². The van der Waals surface area contributed by atoms with E-state index in [2.05, 4.69) is 26.5 Å². The van der Waals surface area contributed by atoms with Crippen molar-refractivity contribution in [2.45, 2.75) is 0 Å².